The molecule has 0 unspecified atom stereocenters. The SMILES string of the molecule is CNC(=O)c1ccc(-c2cc(C3CCC(O)CC3)n3nc(N[C@@H](C)CC(F)(F)F)ncc23)cn1. The number of alkyl halides is 3. The van der Waals surface area contributed by atoms with E-state index in [-0.39, 0.29) is 29.6 Å². The molecule has 1 amide bonds. The standard InChI is InChI=1S/C23H27F3N6O2/c1-13(10-23(24,25)26)30-22-29-12-20-17(15-5-8-18(28-11-15)21(34)27-2)9-19(32(20)31-22)14-3-6-16(33)7-4-14/h5,8-9,11-14,16,33H,3-4,6-7,10H2,1-2H3,(H,27,34)(H,30,31)/t13-,14?,16?/m0/s1. The Morgan fingerprint density at radius 1 is 1.21 bits per heavy atom. The van der Waals surface area contributed by atoms with Crippen LogP contribution in [0.4, 0.5) is 19.1 Å². The van der Waals surface area contributed by atoms with Crippen molar-refractivity contribution in [3.63, 3.8) is 0 Å². The van der Waals surface area contributed by atoms with Crippen molar-refractivity contribution in [1.82, 2.24) is 24.9 Å². The monoisotopic (exact) mass is 476 g/mol. The number of fused-ring (bicyclic) bond motifs is 1. The molecular formula is C23H27F3N6O2. The van der Waals surface area contributed by atoms with Gasteiger partial charge < -0.3 is 15.7 Å². The van der Waals surface area contributed by atoms with Gasteiger partial charge in [0.25, 0.3) is 5.91 Å². The van der Waals surface area contributed by atoms with Gasteiger partial charge in [0.1, 0.15) is 5.69 Å². The van der Waals surface area contributed by atoms with Gasteiger partial charge in [-0.2, -0.15) is 13.2 Å². The molecule has 11 heteroatoms. The van der Waals surface area contributed by atoms with Crippen LogP contribution in [0, 0.1) is 0 Å². The third-order valence-corrected chi connectivity index (χ3v) is 6.11. The second-order valence-electron chi connectivity index (χ2n) is 8.74. The molecule has 3 N–H and O–H groups in total. The Balaban J connectivity index is 1.72. The number of aromatic nitrogens is 4. The van der Waals surface area contributed by atoms with Gasteiger partial charge in [-0.3, -0.25) is 9.78 Å². The summed E-state index contributed by atoms with van der Waals surface area (Å²) in [6, 6.07) is 4.52. The Morgan fingerprint density at radius 3 is 2.56 bits per heavy atom. The lowest BCUT2D eigenvalue weighted by Gasteiger charge is -2.25. The van der Waals surface area contributed by atoms with Crippen LogP contribution >= 0.6 is 0 Å². The van der Waals surface area contributed by atoms with Crippen LogP contribution in [0.15, 0.2) is 30.6 Å². The van der Waals surface area contributed by atoms with E-state index in [2.05, 4.69) is 25.7 Å². The Kier molecular flexibility index (Phi) is 6.74. The largest absolute Gasteiger partial charge is 0.393 e. The molecule has 1 atom stereocenters. The normalized spacial score (nSPS) is 19.7. The lowest BCUT2D eigenvalue weighted by molar-refractivity contribution is -0.136. The van der Waals surface area contributed by atoms with E-state index >= 15 is 0 Å². The highest BCUT2D eigenvalue weighted by atomic mass is 19.4. The molecule has 182 valence electrons. The van der Waals surface area contributed by atoms with Gasteiger partial charge in [-0.1, -0.05) is 6.07 Å². The summed E-state index contributed by atoms with van der Waals surface area (Å²) in [5.41, 5.74) is 3.46. The summed E-state index contributed by atoms with van der Waals surface area (Å²) < 4.78 is 40.0. The molecule has 1 fully saturated rings. The van der Waals surface area contributed by atoms with Crippen molar-refractivity contribution in [2.75, 3.05) is 12.4 Å². The van der Waals surface area contributed by atoms with Gasteiger partial charge in [0.05, 0.1) is 24.2 Å². The van der Waals surface area contributed by atoms with Crippen molar-refractivity contribution in [3.8, 4) is 11.1 Å². The Morgan fingerprint density at radius 2 is 1.94 bits per heavy atom. The molecule has 4 rings (SSSR count). The molecule has 0 bridgehead atoms. The number of aliphatic hydroxyl groups is 1. The van der Waals surface area contributed by atoms with Crippen LogP contribution < -0.4 is 10.6 Å². The maximum absolute atomic E-state index is 12.8. The summed E-state index contributed by atoms with van der Waals surface area (Å²) in [5, 5.41) is 19.7. The van der Waals surface area contributed by atoms with Gasteiger partial charge >= 0.3 is 6.18 Å². The zero-order valence-corrected chi connectivity index (χ0v) is 18.9. The minimum atomic E-state index is -4.29. The molecule has 1 saturated carbocycles. The van der Waals surface area contributed by atoms with Crippen LogP contribution in [0.3, 0.4) is 0 Å². The van der Waals surface area contributed by atoms with Crippen molar-refractivity contribution in [2.24, 2.45) is 0 Å². The van der Waals surface area contributed by atoms with Gasteiger partial charge in [-0.15, -0.1) is 5.10 Å². The molecule has 8 nitrogen and oxygen atoms in total. The Bertz CT molecular complexity index is 1150. The molecule has 3 aromatic rings. The topological polar surface area (TPSA) is 104 Å². The van der Waals surface area contributed by atoms with E-state index in [0.29, 0.717) is 18.4 Å². The van der Waals surface area contributed by atoms with Crippen molar-refractivity contribution >= 4 is 17.4 Å². The third-order valence-electron chi connectivity index (χ3n) is 6.11. The number of nitrogens with one attached hydrogen (secondary N) is 2. The maximum Gasteiger partial charge on any atom is 0.391 e. The molecule has 0 aromatic carbocycles. The van der Waals surface area contributed by atoms with Crippen LogP contribution in [0.5, 0.6) is 0 Å². The summed E-state index contributed by atoms with van der Waals surface area (Å²) in [4.78, 5) is 20.3. The number of carbonyl (C=O) groups excluding carboxylic acids is 1. The van der Waals surface area contributed by atoms with Gasteiger partial charge in [-0.05, 0) is 44.7 Å². The van der Waals surface area contributed by atoms with Gasteiger partial charge in [-0.25, -0.2) is 9.50 Å². The molecule has 34 heavy (non-hydrogen) atoms. The fourth-order valence-corrected chi connectivity index (χ4v) is 4.41. The summed E-state index contributed by atoms with van der Waals surface area (Å²) in [7, 11) is 1.53. The molecule has 1 aliphatic carbocycles. The number of carbonyl (C=O) groups is 1. The lowest BCUT2D eigenvalue weighted by atomic mass is 9.85. The number of hydrogen-bond acceptors (Lipinski definition) is 6. The van der Waals surface area contributed by atoms with Gasteiger partial charge in [0.2, 0.25) is 5.95 Å². The first-order valence-electron chi connectivity index (χ1n) is 11.2. The van der Waals surface area contributed by atoms with Crippen LogP contribution in [-0.4, -0.2) is 56.0 Å². The van der Waals surface area contributed by atoms with E-state index in [1.807, 2.05) is 6.07 Å². The smallest absolute Gasteiger partial charge is 0.391 e. The maximum atomic E-state index is 12.8. The highest BCUT2D eigenvalue weighted by Crippen LogP contribution is 2.37. The highest BCUT2D eigenvalue weighted by molar-refractivity contribution is 5.92. The minimum Gasteiger partial charge on any atom is -0.393 e. The fraction of sp³-hybridized carbons (Fsp3) is 0.478. The van der Waals surface area contributed by atoms with Gasteiger partial charge in [0, 0.05) is 42.0 Å². The minimum absolute atomic E-state index is 0.108. The molecule has 0 radical (unpaired) electrons. The zero-order chi connectivity index (χ0) is 24.5. The lowest BCUT2D eigenvalue weighted by Crippen LogP contribution is -2.25. The van der Waals surface area contributed by atoms with Crippen LogP contribution in [0.25, 0.3) is 16.6 Å². The number of amides is 1. The number of hydrogen-bond donors (Lipinski definition) is 3. The molecule has 0 spiro atoms. The average Bonchev–Trinajstić information content (AvgIpc) is 3.16. The summed E-state index contributed by atoms with van der Waals surface area (Å²) in [5.74, 6) is -0.0450. The van der Waals surface area contributed by atoms with E-state index in [9.17, 15) is 23.1 Å². The number of halogens is 3. The van der Waals surface area contributed by atoms with Crippen LogP contribution in [-0.2, 0) is 0 Å². The number of rotatable bonds is 6. The molecular weight excluding hydrogens is 449 g/mol. The first-order valence-corrected chi connectivity index (χ1v) is 11.2. The van der Waals surface area contributed by atoms with E-state index in [4.69, 9.17) is 0 Å². The number of nitrogens with zero attached hydrogens (tertiary/aromatic N) is 4. The van der Waals surface area contributed by atoms with E-state index in [1.54, 1.807) is 29.0 Å². The van der Waals surface area contributed by atoms with Crippen molar-refractivity contribution in [1.29, 1.82) is 0 Å². The Labute approximate surface area is 194 Å². The van der Waals surface area contributed by atoms with E-state index < -0.39 is 18.6 Å². The predicted molar refractivity (Wildman–Crippen MR) is 121 cm³/mol. The highest BCUT2D eigenvalue weighted by Gasteiger charge is 2.30. The Hall–Kier alpha value is -3.21. The van der Waals surface area contributed by atoms with Crippen molar-refractivity contribution in [3.05, 3.63) is 42.0 Å². The molecule has 0 saturated heterocycles. The van der Waals surface area contributed by atoms with E-state index in [0.717, 1.165) is 29.7 Å². The predicted octanol–water partition coefficient (Wildman–Crippen LogP) is 3.92. The average molecular weight is 477 g/mol. The second-order valence-corrected chi connectivity index (χ2v) is 8.74. The number of aliphatic hydroxyl groups excluding tert-OH is 1. The van der Waals surface area contributed by atoms with Gasteiger partial charge in [0.15, 0.2) is 0 Å². The number of pyridine rings is 1. The third kappa shape index (κ3) is 5.30. The summed E-state index contributed by atoms with van der Waals surface area (Å²) in [6.45, 7) is 1.44. The second kappa shape index (κ2) is 9.57. The van der Waals surface area contributed by atoms with Crippen molar-refractivity contribution in [2.45, 2.75) is 63.3 Å². The first-order chi connectivity index (χ1) is 16.1. The zero-order valence-electron chi connectivity index (χ0n) is 18.9. The molecule has 3 aromatic heterocycles. The quantitative estimate of drug-likeness (QED) is 0.498. The number of anilines is 1. The van der Waals surface area contributed by atoms with E-state index in [1.165, 1.54) is 14.0 Å². The molecule has 1 aliphatic rings. The molecule has 3 heterocycles. The summed E-state index contributed by atoms with van der Waals surface area (Å²) >= 11 is 0. The fourth-order valence-electron chi connectivity index (χ4n) is 4.41. The van der Waals surface area contributed by atoms with Crippen LogP contribution in [0.1, 0.15) is 61.1 Å². The van der Waals surface area contributed by atoms with Crippen LogP contribution in [0.2, 0.25) is 0 Å². The van der Waals surface area contributed by atoms with Crippen molar-refractivity contribution < 1.29 is 23.1 Å². The first kappa shape index (κ1) is 23.9. The molecule has 0 aliphatic heterocycles. The summed E-state index contributed by atoms with van der Waals surface area (Å²) in [6.07, 6.45) is 0.475.